The SMILES string of the molecule is CCC(=O)NCc1nc2c(n1C)CN(C(=O)Nc1cccc(C)c1)CC2. The van der Waals surface area contributed by atoms with Crippen LogP contribution in [0.3, 0.4) is 0 Å². The lowest BCUT2D eigenvalue weighted by Gasteiger charge is -2.27. The summed E-state index contributed by atoms with van der Waals surface area (Å²) in [5.41, 5.74) is 3.94. The zero-order valence-corrected chi connectivity index (χ0v) is 15.5. The largest absolute Gasteiger partial charge is 0.349 e. The Balaban J connectivity index is 1.68. The van der Waals surface area contributed by atoms with E-state index >= 15 is 0 Å². The van der Waals surface area contributed by atoms with Crippen LogP contribution in [0.1, 0.15) is 36.1 Å². The first-order valence-electron chi connectivity index (χ1n) is 8.90. The van der Waals surface area contributed by atoms with Crippen LogP contribution in [0.4, 0.5) is 10.5 Å². The van der Waals surface area contributed by atoms with Crippen LogP contribution in [-0.2, 0) is 31.4 Å². The monoisotopic (exact) mass is 355 g/mol. The number of benzene rings is 1. The van der Waals surface area contributed by atoms with E-state index in [2.05, 4.69) is 15.6 Å². The van der Waals surface area contributed by atoms with E-state index in [0.29, 0.717) is 32.5 Å². The number of rotatable bonds is 4. The molecule has 0 spiro atoms. The molecule has 0 radical (unpaired) electrons. The van der Waals surface area contributed by atoms with E-state index in [1.165, 1.54) is 0 Å². The Hall–Kier alpha value is -2.83. The summed E-state index contributed by atoms with van der Waals surface area (Å²) in [5.74, 6) is 0.822. The molecule has 0 unspecified atom stereocenters. The van der Waals surface area contributed by atoms with E-state index < -0.39 is 0 Å². The van der Waals surface area contributed by atoms with Gasteiger partial charge in [0.2, 0.25) is 5.91 Å². The second-order valence-electron chi connectivity index (χ2n) is 6.58. The van der Waals surface area contributed by atoms with Gasteiger partial charge >= 0.3 is 6.03 Å². The number of nitrogens with one attached hydrogen (secondary N) is 2. The molecule has 1 aromatic heterocycles. The number of aromatic nitrogens is 2. The first-order chi connectivity index (χ1) is 12.5. The maximum absolute atomic E-state index is 12.6. The van der Waals surface area contributed by atoms with Crippen LogP contribution >= 0.6 is 0 Å². The van der Waals surface area contributed by atoms with Gasteiger partial charge in [-0.2, -0.15) is 0 Å². The van der Waals surface area contributed by atoms with Crippen molar-refractivity contribution in [1.82, 2.24) is 19.8 Å². The maximum atomic E-state index is 12.6. The third-order valence-electron chi connectivity index (χ3n) is 4.67. The van der Waals surface area contributed by atoms with Crippen molar-refractivity contribution in [3.8, 4) is 0 Å². The highest BCUT2D eigenvalue weighted by Gasteiger charge is 2.25. The molecule has 138 valence electrons. The van der Waals surface area contributed by atoms with E-state index in [1.807, 2.05) is 49.7 Å². The van der Waals surface area contributed by atoms with Gasteiger partial charge in [-0.25, -0.2) is 9.78 Å². The second kappa shape index (κ2) is 7.59. The number of urea groups is 1. The third kappa shape index (κ3) is 3.87. The molecule has 1 aliphatic rings. The van der Waals surface area contributed by atoms with Gasteiger partial charge in [-0.05, 0) is 24.6 Å². The molecule has 2 aromatic rings. The molecule has 0 atom stereocenters. The Morgan fingerprint density at radius 3 is 2.85 bits per heavy atom. The molecule has 1 aromatic carbocycles. The summed E-state index contributed by atoms with van der Waals surface area (Å²) in [6.45, 7) is 5.37. The van der Waals surface area contributed by atoms with Crippen LogP contribution < -0.4 is 10.6 Å². The number of aryl methyl sites for hydroxylation is 1. The molecule has 0 saturated heterocycles. The van der Waals surface area contributed by atoms with Crippen LogP contribution in [0.5, 0.6) is 0 Å². The Kier molecular flexibility index (Phi) is 5.25. The Morgan fingerprint density at radius 1 is 1.31 bits per heavy atom. The molecule has 2 heterocycles. The lowest BCUT2D eigenvalue weighted by Crippen LogP contribution is -2.39. The summed E-state index contributed by atoms with van der Waals surface area (Å²) in [7, 11) is 1.93. The van der Waals surface area contributed by atoms with Crippen molar-refractivity contribution in [1.29, 1.82) is 0 Å². The zero-order chi connectivity index (χ0) is 18.7. The number of carbonyl (C=O) groups excluding carboxylic acids is 2. The Morgan fingerprint density at radius 2 is 2.12 bits per heavy atom. The number of hydrogen-bond acceptors (Lipinski definition) is 3. The number of imidazole rings is 1. The van der Waals surface area contributed by atoms with Crippen molar-refractivity contribution in [3.63, 3.8) is 0 Å². The second-order valence-corrected chi connectivity index (χ2v) is 6.58. The van der Waals surface area contributed by atoms with Gasteiger partial charge in [0, 0.05) is 32.1 Å². The third-order valence-corrected chi connectivity index (χ3v) is 4.67. The molecule has 3 rings (SSSR count). The lowest BCUT2D eigenvalue weighted by atomic mass is 10.1. The molecule has 2 N–H and O–H groups in total. The van der Waals surface area contributed by atoms with Gasteiger partial charge < -0.3 is 20.1 Å². The smallest absolute Gasteiger partial charge is 0.322 e. The highest BCUT2D eigenvalue weighted by Crippen LogP contribution is 2.20. The van der Waals surface area contributed by atoms with Crippen molar-refractivity contribution < 1.29 is 9.59 Å². The van der Waals surface area contributed by atoms with Crippen molar-refractivity contribution in [2.45, 2.75) is 39.8 Å². The quantitative estimate of drug-likeness (QED) is 0.883. The van der Waals surface area contributed by atoms with Crippen molar-refractivity contribution in [3.05, 3.63) is 47.0 Å². The van der Waals surface area contributed by atoms with Gasteiger partial charge in [0.15, 0.2) is 0 Å². The van der Waals surface area contributed by atoms with Crippen molar-refractivity contribution in [2.24, 2.45) is 7.05 Å². The molecule has 7 nitrogen and oxygen atoms in total. The predicted molar refractivity (Wildman–Crippen MR) is 99.7 cm³/mol. The number of amides is 3. The molecular weight excluding hydrogens is 330 g/mol. The van der Waals surface area contributed by atoms with Gasteiger partial charge in [0.05, 0.1) is 24.5 Å². The summed E-state index contributed by atoms with van der Waals surface area (Å²) in [5, 5.41) is 5.81. The minimum Gasteiger partial charge on any atom is -0.349 e. The molecule has 0 bridgehead atoms. The average molecular weight is 355 g/mol. The van der Waals surface area contributed by atoms with Crippen LogP contribution in [0.25, 0.3) is 0 Å². The summed E-state index contributed by atoms with van der Waals surface area (Å²) in [6.07, 6.45) is 1.17. The maximum Gasteiger partial charge on any atom is 0.322 e. The average Bonchev–Trinajstić information content (AvgIpc) is 2.95. The Bertz CT molecular complexity index is 827. The fourth-order valence-electron chi connectivity index (χ4n) is 3.10. The number of anilines is 1. The normalized spacial score (nSPS) is 13.3. The van der Waals surface area contributed by atoms with Gasteiger partial charge in [-0.1, -0.05) is 19.1 Å². The molecule has 3 amide bonds. The number of carbonyl (C=O) groups is 2. The highest BCUT2D eigenvalue weighted by molar-refractivity contribution is 5.89. The molecule has 0 fully saturated rings. The fourth-order valence-corrected chi connectivity index (χ4v) is 3.10. The van der Waals surface area contributed by atoms with E-state index in [0.717, 1.165) is 28.5 Å². The molecule has 7 heteroatoms. The lowest BCUT2D eigenvalue weighted by molar-refractivity contribution is -0.120. The van der Waals surface area contributed by atoms with Gasteiger partial charge in [0.25, 0.3) is 0 Å². The van der Waals surface area contributed by atoms with Crippen LogP contribution in [0.15, 0.2) is 24.3 Å². The van der Waals surface area contributed by atoms with E-state index in [-0.39, 0.29) is 11.9 Å². The molecule has 0 aliphatic carbocycles. The Labute approximate surface area is 153 Å². The first-order valence-corrected chi connectivity index (χ1v) is 8.90. The topological polar surface area (TPSA) is 79.3 Å². The molecular formula is C19H25N5O2. The summed E-state index contributed by atoms with van der Waals surface area (Å²) >= 11 is 0. The van der Waals surface area contributed by atoms with Crippen LogP contribution in [0.2, 0.25) is 0 Å². The van der Waals surface area contributed by atoms with Crippen molar-refractivity contribution >= 4 is 17.6 Å². The molecule has 1 aliphatic heterocycles. The minimum atomic E-state index is -0.108. The van der Waals surface area contributed by atoms with E-state index in [4.69, 9.17) is 0 Å². The standard InChI is InChI=1S/C19H25N5O2/c1-4-18(25)20-11-17-22-15-8-9-24(12-16(15)23(17)3)19(26)21-14-7-5-6-13(2)10-14/h5-7,10H,4,8-9,11-12H2,1-3H3,(H,20,25)(H,21,26). The number of nitrogens with zero attached hydrogens (tertiary/aromatic N) is 3. The van der Waals surface area contributed by atoms with Gasteiger partial charge in [0.1, 0.15) is 5.82 Å². The zero-order valence-electron chi connectivity index (χ0n) is 15.5. The van der Waals surface area contributed by atoms with E-state index in [1.54, 1.807) is 4.90 Å². The number of hydrogen-bond donors (Lipinski definition) is 2. The van der Waals surface area contributed by atoms with Gasteiger partial charge in [-0.3, -0.25) is 4.79 Å². The van der Waals surface area contributed by atoms with Crippen molar-refractivity contribution in [2.75, 3.05) is 11.9 Å². The fraction of sp³-hybridized carbons (Fsp3) is 0.421. The van der Waals surface area contributed by atoms with Crippen LogP contribution in [0, 0.1) is 6.92 Å². The van der Waals surface area contributed by atoms with Gasteiger partial charge in [-0.15, -0.1) is 0 Å². The minimum absolute atomic E-state index is 0.00475. The first kappa shape index (κ1) is 18.0. The summed E-state index contributed by atoms with van der Waals surface area (Å²) in [4.78, 5) is 30.5. The predicted octanol–water partition coefficient (Wildman–Crippen LogP) is 2.34. The van der Waals surface area contributed by atoms with Crippen LogP contribution in [-0.4, -0.2) is 32.9 Å². The summed E-state index contributed by atoms with van der Waals surface area (Å²) in [6, 6.07) is 7.66. The number of fused-ring (bicyclic) bond motifs is 1. The van der Waals surface area contributed by atoms with E-state index in [9.17, 15) is 9.59 Å². The molecule has 26 heavy (non-hydrogen) atoms. The highest BCUT2D eigenvalue weighted by atomic mass is 16.2. The summed E-state index contributed by atoms with van der Waals surface area (Å²) < 4.78 is 1.98. The molecule has 0 saturated carbocycles.